The molecule has 2 aliphatic rings. The van der Waals surface area contributed by atoms with Crippen molar-refractivity contribution >= 4 is 34.9 Å². The highest BCUT2D eigenvalue weighted by Crippen LogP contribution is 2.44. The van der Waals surface area contributed by atoms with Gasteiger partial charge in [0.05, 0.1) is 12.9 Å². The van der Waals surface area contributed by atoms with E-state index in [2.05, 4.69) is 20.3 Å². The Balaban J connectivity index is 1.40. The number of hydrogen-bond donors (Lipinski definition) is 2. The number of carbonyl (C=O) groups is 1. The van der Waals surface area contributed by atoms with E-state index in [0.717, 1.165) is 0 Å². The number of imidazole rings is 1. The second kappa shape index (κ2) is 10.4. The lowest BCUT2D eigenvalue weighted by atomic mass is 10.1. The summed E-state index contributed by atoms with van der Waals surface area (Å²) in [4.78, 5) is 23.9. The summed E-state index contributed by atoms with van der Waals surface area (Å²) < 4.78 is 62.3. The molecular formula is C20H27F3N6O5S. The van der Waals surface area contributed by atoms with Crippen molar-refractivity contribution in [1.82, 2.24) is 24.8 Å². The summed E-state index contributed by atoms with van der Waals surface area (Å²) in [6.45, 7) is 4.37. The fourth-order valence-corrected chi connectivity index (χ4v) is 4.35. The van der Waals surface area contributed by atoms with E-state index in [4.69, 9.17) is 18.4 Å². The highest BCUT2D eigenvalue weighted by atomic mass is 32.2. The van der Waals surface area contributed by atoms with Crippen LogP contribution in [0, 0.1) is 0 Å². The highest BCUT2D eigenvalue weighted by molar-refractivity contribution is 7.93. The molecule has 2 N–H and O–H groups in total. The number of anilines is 1. The van der Waals surface area contributed by atoms with Gasteiger partial charge in [0.2, 0.25) is 0 Å². The van der Waals surface area contributed by atoms with E-state index < -0.39 is 30.2 Å². The van der Waals surface area contributed by atoms with Gasteiger partial charge >= 0.3 is 12.1 Å². The lowest BCUT2D eigenvalue weighted by Gasteiger charge is -2.24. The Morgan fingerprint density at radius 2 is 1.94 bits per heavy atom. The summed E-state index contributed by atoms with van der Waals surface area (Å²) in [5, 5.41) is 4.97. The van der Waals surface area contributed by atoms with E-state index in [9.17, 15) is 18.0 Å². The minimum atomic E-state index is -4.87. The largest absolute Gasteiger partial charge is 0.471 e. The van der Waals surface area contributed by atoms with Crippen molar-refractivity contribution in [2.24, 2.45) is 0 Å². The molecule has 11 nitrogen and oxygen atoms in total. The van der Waals surface area contributed by atoms with Gasteiger partial charge in [-0.2, -0.15) is 13.2 Å². The van der Waals surface area contributed by atoms with Gasteiger partial charge in [0, 0.05) is 19.3 Å². The number of aromatic nitrogens is 4. The standard InChI is InChI=1S/C20H27F3N6O5S/c1-19(2)33-13-11(8-31-35-3)32-17(14(13)34-19)29-10-28-12-15(26-9-27-16(12)29)24-6-4-5-7-25-18(30)20(21,22)23/h9-11,13-14,17H,4-8H2,1-3H3,(H,25,30)(H,24,26,27)/t11-,13?,14?,17-/m1/s1. The van der Waals surface area contributed by atoms with Crippen molar-refractivity contribution in [2.75, 3.05) is 31.3 Å². The smallest absolute Gasteiger partial charge is 0.368 e. The summed E-state index contributed by atoms with van der Waals surface area (Å²) in [5.74, 6) is -2.23. The number of fused-ring (bicyclic) bond motifs is 2. The molecule has 0 saturated carbocycles. The van der Waals surface area contributed by atoms with Crippen molar-refractivity contribution in [3.8, 4) is 0 Å². The van der Waals surface area contributed by atoms with Gasteiger partial charge in [0.25, 0.3) is 0 Å². The maximum absolute atomic E-state index is 12.2. The number of alkyl halides is 3. The second-order valence-corrected chi connectivity index (χ2v) is 9.08. The molecule has 0 spiro atoms. The van der Waals surface area contributed by atoms with E-state index in [1.807, 2.05) is 25.4 Å². The summed E-state index contributed by atoms with van der Waals surface area (Å²) in [7, 11) is 0. The van der Waals surface area contributed by atoms with Crippen molar-refractivity contribution < 1.29 is 36.4 Å². The molecule has 4 heterocycles. The Labute approximate surface area is 203 Å². The number of rotatable bonds is 10. The molecule has 194 valence electrons. The van der Waals surface area contributed by atoms with Crippen molar-refractivity contribution in [2.45, 2.75) is 63.2 Å². The molecular weight excluding hydrogens is 493 g/mol. The molecule has 4 atom stereocenters. The first-order chi connectivity index (χ1) is 16.6. The van der Waals surface area contributed by atoms with E-state index in [1.54, 1.807) is 10.9 Å². The molecule has 4 rings (SSSR count). The Morgan fingerprint density at radius 1 is 1.20 bits per heavy atom. The number of hydrogen-bond acceptors (Lipinski definition) is 10. The minimum absolute atomic E-state index is 0.0742. The van der Waals surface area contributed by atoms with Gasteiger partial charge in [0.1, 0.15) is 24.6 Å². The molecule has 0 bridgehead atoms. The van der Waals surface area contributed by atoms with Gasteiger partial charge in [-0.15, -0.1) is 0 Å². The number of ether oxygens (including phenoxy) is 3. The summed E-state index contributed by atoms with van der Waals surface area (Å²) in [6, 6.07) is 0. The van der Waals surface area contributed by atoms with Crippen LogP contribution in [0.4, 0.5) is 19.0 Å². The maximum Gasteiger partial charge on any atom is 0.471 e. The summed E-state index contributed by atoms with van der Waals surface area (Å²) >= 11 is 1.25. The molecule has 15 heteroatoms. The van der Waals surface area contributed by atoms with E-state index in [-0.39, 0.29) is 18.8 Å². The number of nitrogens with one attached hydrogen (secondary N) is 2. The van der Waals surface area contributed by atoms with Gasteiger partial charge in [-0.05, 0) is 38.7 Å². The molecule has 35 heavy (non-hydrogen) atoms. The molecule has 1 amide bonds. The fraction of sp³-hybridized carbons (Fsp3) is 0.700. The van der Waals surface area contributed by atoms with Crippen molar-refractivity contribution in [3.05, 3.63) is 12.7 Å². The van der Waals surface area contributed by atoms with Crippen molar-refractivity contribution in [3.63, 3.8) is 0 Å². The quantitative estimate of drug-likeness (QED) is 0.357. The lowest BCUT2D eigenvalue weighted by Crippen LogP contribution is -2.37. The molecule has 2 aromatic heterocycles. The minimum Gasteiger partial charge on any atom is -0.368 e. The number of carbonyl (C=O) groups excluding carboxylic acids is 1. The average molecular weight is 521 g/mol. The van der Waals surface area contributed by atoms with E-state index in [0.29, 0.717) is 43.0 Å². The molecule has 2 aliphatic heterocycles. The highest BCUT2D eigenvalue weighted by Gasteiger charge is 2.56. The van der Waals surface area contributed by atoms with Gasteiger partial charge < -0.3 is 29.0 Å². The third-order valence-electron chi connectivity index (χ3n) is 5.55. The van der Waals surface area contributed by atoms with Crippen LogP contribution in [0.3, 0.4) is 0 Å². The van der Waals surface area contributed by atoms with Crippen LogP contribution in [-0.2, 0) is 23.2 Å². The Hall–Kier alpha value is -2.20. The van der Waals surface area contributed by atoms with Gasteiger partial charge in [0.15, 0.2) is 29.0 Å². The molecule has 2 saturated heterocycles. The average Bonchev–Trinajstić information content (AvgIpc) is 3.45. The monoisotopic (exact) mass is 520 g/mol. The topological polar surface area (TPSA) is 122 Å². The third kappa shape index (κ3) is 5.80. The summed E-state index contributed by atoms with van der Waals surface area (Å²) in [5.41, 5.74) is 1.04. The van der Waals surface area contributed by atoms with Crippen LogP contribution >= 0.6 is 12.0 Å². The zero-order valence-electron chi connectivity index (χ0n) is 19.4. The Morgan fingerprint density at radius 3 is 2.69 bits per heavy atom. The van der Waals surface area contributed by atoms with E-state index in [1.165, 1.54) is 18.4 Å². The Kier molecular flexibility index (Phi) is 7.71. The normalized spacial score (nSPS) is 25.7. The number of halogens is 3. The predicted molar refractivity (Wildman–Crippen MR) is 119 cm³/mol. The zero-order valence-corrected chi connectivity index (χ0v) is 20.2. The number of unbranched alkanes of at least 4 members (excludes halogenated alkanes) is 1. The third-order valence-corrected chi connectivity index (χ3v) is 5.92. The van der Waals surface area contributed by atoms with Crippen LogP contribution < -0.4 is 10.6 Å². The van der Waals surface area contributed by atoms with Crippen LogP contribution in [0.25, 0.3) is 11.2 Å². The van der Waals surface area contributed by atoms with Crippen LogP contribution in [0.2, 0.25) is 0 Å². The fourth-order valence-electron chi connectivity index (χ4n) is 4.08. The molecule has 0 aliphatic carbocycles. The first-order valence-corrected chi connectivity index (χ1v) is 12.2. The van der Waals surface area contributed by atoms with Gasteiger partial charge in [-0.3, -0.25) is 9.36 Å². The molecule has 2 aromatic rings. The van der Waals surface area contributed by atoms with Crippen LogP contribution in [0.1, 0.15) is 32.9 Å². The maximum atomic E-state index is 12.2. The Bertz CT molecular complexity index is 1040. The molecule has 2 unspecified atom stereocenters. The first-order valence-electron chi connectivity index (χ1n) is 11.0. The van der Waals surface area contributed by atoms with Crippen LogP contribution in [-0.4, -0.2) is 81.7 Å². The van der Waals surface area contributed by atoms with Crippen LogP contribution in [0.5, 0.6) is 0 Å². The SMILES string of the molecule is CSOC[C@H]1O[C@@H](n2cnc3c(NCCCCNC(=O)C(F)(F)F)ncnc32)C2OC(C)(C)OC21. The van der Waals surface area contributed by atoms with E-state index >= 15 is 0 Å². The molecule has 0 radical (unpaired) electrons. The molecule has 2 fully saturated rings. The molecule has 0 aromatic carbocycles. The second-order valence-electron chi connectivity index (χ2n) is 8.51. The van der Waals surface area contributed by atoms with Crippen LogP contribution in [0.15, 0.2) is 12.7 Å². The number of amides is 1. The summed E-state index contributed by atoms with van der Waals surface area (Å²) in [6.07, 6.45) is -0.772. The first kappa shape index (κ1) is 25.9. The predicted octanol–water partition coefficient (Wildman–Crippen LogP) is 2.41. The van der Waals surface area contributed by atoms with Gasteiger partial charge in [-0.1, -0.05) is 0 Å². The van der Waals surface area contributed by atoms with Crippen molar-refractivity contribution in [1.29, 1.82) is 0 Å². The van der Waals surface area contributed by atoms with Gasteiger partial charge in [-0.25, -0.2) is 15.0 Å². The zero-order chi connectivity index (χ0) is 25.2. The number of nitrogens with zero attached hydrogens (tertiary/aromatic N) is 4. The lowest BCUT2D eigenvalue weighted by molar-refractivity contribution is -0.198.